The molecule has 4 rings (SSSR count). The molecule has 26 heavy (non-hydrogen) atoms. The number of nitrogens with zero attached hydrogens (tertiary/aromatic N) is 2. The fourth-order valence-electron chi connectivity index (χ4n) is 3.63. The fraction of sp³-hybridized carbons (Fsp3) is 0.286. The molecule has 1 fully saturated rings. The van der Waals surface area contributed by atoms with E-state index >= 15 is 0 Å². The zero-order valence-corrected chi connectivity index (χ0v) is 14.4. The second-order valence-corrected chi connectivity index (χ2v) is 6.80. The van der Waals surface area contributed by atoms with Crippen LogP contribution in [0.2, 0.25) is 0 Å². The minimum Gasteiger partial charge on any atom is -0.451 e. The van der Waals surface area contributed by atoms with Crippen LogP contribution in [0.1, 0.15) is 29.0 Å². The fourth-order valence-corrected chi connectivity index (χ4v) is 3.63. The van der Waals surface area contributed by atoms with E-state index < -0.39 is 0 Å². The second kappa shape index (κ2) is 7.12. The summed E-state index contributed by atoms with van der Waals surface area (Å²) < 4.78 is 5.71. The Bertz CT molecular complexity index is 981. The van der Waals surface area contributed by atoms with Crippen LogP contribution in [0, 0.1) is 5.92 Å². The SMILES string of the molecule is O=C(c1cc(=O)c2ccccc2o1)N1CCCC(Cc2cccnc2)C1. The van der Waals surface area contributed by atoms with Gasteiger partial charge in [0, 0.05) is 31.5 Å². The molecule has 1 aromatic carbocycles. The summed E-state index contributed by atoms with van der Waals surface area (Å²) in [6.07, 6.45) is 6.58. The first kappa shape index (κ1) is 16.5. The van der Waals surface area contributed by atoms with Crippen LogP contribution in [-0.4, -0.2) is 28.9 Å². The van der Waals surface area contributed by atoms with E-state index in [1.807, 2.05) is 12.3 Å². The minimum absolute atomic E-state index is 0.121. The monoisotopic (exact) mass is 348 g/mol. The molecule has 3 aromatic rings. The third-order valence-electron chi connectivity index (χ3n) is 4.90. The lowest BCUT2D eigenvalue weighted by Gasteiger charge is -2.32. The molecule has 0 spiro atoms. The summed E-state index contributed by atoms with van der Waals surface area (Å²) in [6, 6.07) is 12.3. The number of rotatable bonds is 3. The van der Waals surface area contributed by atoms with Gasteiger partial charge in [-0.15, -0.1) is 0 Å². The maximum atomic E-state index is 12.9. The number of hydrogen-bond donors (Lipinski definition) is 0. The van der Waals surface area contributed by atoms with Crippen molar-refractivity contribution in [2.24, 2.45) is 5.92 Å². The minimum atomic E-state index is -0.205. The summed E-state index contributed by atoms with van der Waals surface area (Å²) in [5.74, 6) is 0.309. The standard InChI is InChI=1S/C21H20N2O3/c24-18-12-20(26-19-8-2-1-7-17(18)19)21(25)23-10-4-6-16(14-23)11-15-5-3-9-22-13-15/h1-3,5,7-9,12-13,16H,4,6,10-11,14H2. The number of fused-ring (bicyclic) bond motifs is 1. The van der Waals surface area contributed by atoms with Crippen molar-refractivity contribution < 1.29 is 9.21 Å². The van der Waals surface area contributed by atoms with Crippen LogP contribution >= 0.6 is 0 Å². The molecule has 0 bridgehead atoms. The van der Waals surface area contributed by atoms with E-state index in [9.17, 15) is 9.59 Å². The van der Waals surface area contributed by atoms with Gasteiger partial charge in [-0.05, 0) is 48.9 Å². The van der Waals surface area contributed by atoms with Crippen molar-refractivity contribution in [3.63, 3.8) is 0 Å². The molecule has 0 aliphatic carbocycles. The van der Waals surface area contributed by atoms with Gasteiger partial charge in [-0.1, -0.05) is 18.2 Å². The Morgan fingerprint density at radius 1 is 1.23 bits per heavy atom. The van der Waals surface area contributed by atoms with Gasteiger partial charge >= 0.3 is 0 Å². The average molecular weight is 348 g/mol. The van der Waals surface area contributed by atoms with Crippen LogP contribution in [0.5, 0.6) is 0 Å². The van der Waals surface area contributed by atoms with Crippen LogP contribution in [-0.2, 0) is 6.42 Å². The highest BCUT2D eigenvalue weighted by Crippen LogP contribution is 2.22. The number of carbonyl (C=O) groups excluding carboxylic acids is 1. The molecule has 5 heteroatoms. The van der Waals surface area contributed by atoms with Crippen molar-refractivity contribution in [2.45, 2.75) is 19.3 Å². The Labute approximate surface area is 151 Å². The van der Waals surface area contributed by atoms with Gasteiger partial charge in [0.25, 0.3) is 5.91 Å². The van der Waals surface area contributed by atoms with Crippen molar-refractivity contribution in [1.29, 1.82) is 0 Å². The van der Waals surface area contributed by atoms with E-state index in [-0.39, 0.29) is 17.1 Å². The van der Waals surface area contributed by atoms with Crippen LogP contribution < -0.4 is 5.43 Å². The largest absolute Gasteiger partial charge is 0.451 e. The molecule has 5 nitrogen and oxygen atoms in total. The highest BCUT2D eigenvalue weighted by molar-refractivity contribution is 5.93. The lowest BCUT2D eigenvalue weighted by molar-refractivity contribution is 0.0642. The van der Waals surface area contributed by atoms with Crippen LogP contribution in [0.25, 0.3) is 11.0 Å². The Kier molecular flexibility index (Phi) is 4.52. The molecule has 0 radical (unpaired) electrons. The first-order valence-corrected chi connectivity index (χ1v) is 8.92. The molecule has 1 unspecified atom stereocenters. The molecule has 3 heterocycles. The highest BCUT2D eigenvalue weighted by Gasteiger charge is 2.26. The molecule has 1 aliphatic heterocycles. The van der Waals surface area contributed by atoms with Gasteiger partial charge in [-0.3, -0.25) is 14.6 Å². The van der Waals surface area contributed by atoms with Gasteiger partial charge < -0.3 is 9.32 Å². The Morgan fingerprint density at radius 2 is 2.12 bits per heavy atom. The predicted octanol–water partition coefficient (Wildman–Crippen LogP) is 3.28. The van der Waals surface area contributed by atoms with Gasteiger partial charge in [0.15, 0.2) is 11.2 Å². The molecule has 1 atom stereocenters. The van der Waals surface area contributed by atoms with Crippen molar-refractivity contribution in [3.05, 3.63) is 76.4 Å². The van der Waals surface area contributed by atoms with Gasteiger partial charge in [0.05, 0.1) is 5.39 Å². The van der Waals surface area contributed by atoms with Crippen molar-refractivity contribution in [1.82, 2.24) is 9.88 Å². The van der Waals surface area contributed by atoms with E-state index in [1.165, 1.54) is 11.6 Å². The molecule has 1 saturated heterocycles. The van der Waals surface area contributed by atoms with Crippen molar-refractivity contribution in [2.75, 3.05) is 13.1 Å². The number of para-hydroxylation sites is 1. The van der Waals surface area contributed by atoms with Crippen LogP contribution in [0.15, 0.2) is 64.1 Å². The highest BCUT2D eigenvalue weighted by atomic mass is 16.3. The number of piperidine rings is 1. The third-order valence-corrected chi connectivity index (χ3v) is 4.90. The quantitative estimate of drug-likeness (QED) is 0.729. The zero-order valence-electron chi connectivity index (χ0n) is 14.4. The molecule has 132 valence electrons. The summed E-state index contributed by atoms with van der Waals surface area (Å²) in [5.41, 5.74) is 1.45. The van der Waals surface area contributed by atoms with Gasteiger partial charge in [-0.25, -0.2) is 0 Å². The molecule has 2 aromatic heterocycles. The first-order valence-electron chi connectivity index (χ1n) is 8.92. The Balaban J connectivity index is 1.53. The summed E-state index contributed by atoms with van der Waals surface area (Å²) >= 11 is 0. The molecular formula is C21H20N2O3. The Hall–Kier alpha value is -2.95. The summed E-state index contributed by atoms with van der Waals surface area (Å²) in [4.78, 5) is 31.1. The maximum Gasteiger partial charge on any atom is 0.289 e. The first-order chi connectivity index (χ1) is 12.7. The lowest BCUT2D eigenvalue weighted by atomic mass is 9.92. The summed E-state index contributed by atoms with van der Waals surface area (Å²) in [5, 5.41) is 0.497. The maximum absolute atomic E-state index is 12.9. The lowest BCUT2D eigenvalue weighted by Crippen LogP contribution is -2.40. The van der Waals surface area contributed by atoms with E-state index in [1.54, 1.807) is 35.4 Å². The number of carbonyl (C=O) groups is 1. The van der Waals surface area contributed by atoms with E-state index in [2.05, 4.69) is 11.1 Å². The zero-order chi connectivity index (χ0) is 17.9. The predicted molar refractivity (Wildman–Crippen MR) is 99.1 cm³/mol. The molecule has 1 amide bonds. The average Bonchev–Trinajstić information content (AvgIpc) is 2.68. The van der Waals surface area contributed by atoms with E-state index in [0.29, 0.717) is 30.0 Å². The van der Waals surface area contributed by atoms with Crippen molar-refractivity contribution >= 4 is 16.9 Å². The molecule has 0 N–H and O–H groups in total. The van der Waals surface area contributed by atoms with Gasteiger partial charge in [0.1, 0.15) is 5.58 Å². The number of benzene rings is 1. The normalized spacial score (nSPS) is 17.4. The third kappa shape index (κ3) is 3.38. The number of pyridine rings is 1. The molecule has 1 aliphatic rings. The topological polar surface area (TPSA) is 63.4 Å². The van der Waals surface area contributed by atoms with E-state index in [0.717, 1.165) is 19.3 Å². The smallest absolute Gasteiger partial charge is 0.289 e. The summed E-state index contributed by atoms with van der Waals surface area (Å²) in [7, 11) is 0. The van der Waals surface area contributed by atoms with Crippen molar-refractivity contribution in [3.8, 4) is 0 Å². The number of amides is 1. The molecule has 0 saturated carbocycles. The number of aromatic nitrogens is 1. The Morgan fingerprint density at radius 3 is 2.96 bits per heavy atom. The number of likely N-dealkylation sites (tertiary alicyclic amines) is 1. The van der Waals surface area contributed by atoms with Crippen LogP contribution in [0.4, 0.5) is 0 Å². The summed E-state index contributed by atoms with van der Waals surface area (Å²) in [6.45, 7) is 1.36. The number of hydrogen-bond acceptors (Lipinski definition) is 4. The van der Waals surface area contributed by atoms with Crippen LogP contribution in [0.3, 0.4) is 0 Å². The van der Waals surface area contributed by atoms with E-state index in [4.69, 9.17) is 4.42 Å². The van der Waals surface area contributed by atoms with Gasteiger partial charge in [-0.2, -0.15) is 0 Å². The second-order valence-electron chi connectivity index (χ2n) is 6.80. The van der Waals surface area contributed by atoms with Gasteiger partial charge in [0.2, 0.25) is 0 Å². The molecular weight excluding hydrogens is 328 g/mol.